The first-order valence-electron chi connectivity index (χ1n) is 7.52. The minimum absolute atomic E-state index is 0.0478. The average molecular weight is 327 g/mol. The minimum Gasteiger partial charge on any atom is -0.335 e. The van der Waals surface area contributed by atoms with E-state index in [2.05, 4.69) is 12.0 Å². The van der Waals surface area contributed by atoms with Crippen LogP contribution in [0.2, 0.25) is 0 Å². The predicted octanol–water partition coefficient (Wildman–Crippen LogP) is 4.25. The average Bonchev–Trinajstić information content (AvgIpc) is 2.98. The van der Waals surface area contributed by atoms with Gasteiger partial charge < -0.3 is 4.57 Å². The van der Waals surface area contributed by atoms with Gasteiger partial charge in [0.2, 0.25) is 0 Å². The molecule has 2 aromatic carbocycles. The van der Waals surface area contributed by atoms with Crippen molar-refractivity contribution in [3.05, 3.63) is 76.0 Å². The fourth-order valence-electron chi connectivity index (χ4n) is 2.74. The quantitative estimate of drug-likeness (QED) is 0.311. The number of allylic oxidation sites excluding steroid dienone is 1. The highest BCUT2D eigenvalue weighted by molar-refractivity contribution is 5.98. The van der Waals surface area contributed by atoms with Crippen LogP contribution in [-0.2, 0) is 6.54 Å². The number of hydrogen-bond donors (Lipinski definition) is 0. The number of nitriles is 1. The van der Waals surface area contributed by atoms with Crippen LogP contribution in [0, 0.1) is 33.8 Å². The second-order valence-electron chi connectivity index (χ2n) is 5.41. The standard InChI is InChI=1S/C20H13N3O2/c1-2-10-22-14-17(19-8-3-4-9-20(19)22)11-16(13-21)15-6-5-7-18(12-15)23(24)25/h1,3-9,11-12,14H,10H2. The Kier molecular flexibility index (Phi) is 4.32. The lowest BCUT2D eigenvalue weighted by Gasteiger charge is -1.99. The van der Waals surface area contributed by atoms with Crippen LogP contribution < -0.4 is 0 Å². The lowest BCUT2D eigenvalue weighted by Crippen LogP contribution is -1.91. The molecule has 0 amide bonds. The van der Waals surface area contributed by atoms with Gasteiger partial charge in [-0.15, -0.1) is 6.42 Å². The normalized spacial score (nSPS) is 11.0. The van der Waals surface area contributed by atoms with E-state index < -0.39 is 4.92 Å². The molecule has 120 valence electrons. The Morgan fingerprint density at radius 3 is 2.80 bits per heavy atom. The van der Waals surface area contributed by atoms with Crippen LogP contribution in [0.4, 0.5) is 5.69 Å². The van der Waals surface area contributed by atoms with Crippen LogP contribution in [0.5, 0.6) is 0 Å². The Morgan fingerprint density at radius 1 is 1.28 bits per heavy atom. The second kappa shape index (κ2) is 6.74. The molecule has 25 heavy (non-hydrogen) atoms. The van der Waals surface area contributed by atoms with Crippen LogP contribution in [-0.4, -0.2) is 9.49 Å². The number of rotatable bonds is 4. The molecule has 1 heterocycles. The molecule has 3 aromatic rings. The third-order valence-corrected chi connectivity index (χ3v) is 3.87. The van der Waals surface area contributed by atoms with Crippen LogP contribution in [0.25, 0.3) is 22.6 Å². The summed E-state index contributed by atoms with van der Waals surface area (Å²) in [5.74, 6) is 2.61. The third-order valence-electron chi connectivity index (χ3n) is 3.87. The maximum atomic E-state index is 11.0. The van der Waals surface area contributed by atoms with Gasteiger partial charge in [0.05, 0.1) is 23.1 Å². The highest BCUT2D eigenvalue weighted by Gasteiger charge is 2.11. The van der Waals surface area contributed by atoms with Crippen molar-refractivity contribution in [2.45, 2.75) is 6.54 Å². The molecular formula is C20H13N3O2. The summed E-state index contributed by atoms with van der Waals surface area (Å²) in [4.78, 5) is 10.5. The molecule has 0 N–H and O–H groups in total. The van der Waals surface area contributed by atoms with Gasteiger partial charge in [-0.2, -0.15) is 5.26 Å². The molecule has 0 spiro atoms. The summed E-state index contributed by atoms with van der Waals surface area (Å²) >= 11 is 0. The maximum absolute atomic E-state index is 11.0. The first-order valence-corrected chi connectivity index (χ1v) is 7.52. The van der Waals surface area contributed by atoms with E-state index in [-0.39, 0.29) is 5.69 Å². The fourth-order valence-corrected chi connectivity index (χ4v) is 2.74. The molecule has 0 fully saturated rings. The number of fused-ring (bicyclic) bond motifs is 1. The Balaban J connectivity index is 2.14. The summed E-state index contributed by atoms with van der Waals surface area (Å²) in [5.41, 5.74) is 2.63. The van der Waals surface area contributed by atoms with Crippen molar-refractivity contribution in [1.82, 2.24) is 4.57 Å². The van der Waals surface area contributed by atoms with Crippen molar-refractivity contribution in [3.63, 3.8) is 0 Å². The molecule has 0 atom stereocenters. The summed E-state index contributed by atoms with van der Waals surface area (Å²) in [7, 11) is 0. The van der Waals surface area contributed by atoms with E-state index in [1.807, 2.05) is 35.0 Å². The number of benzene rings is 2. The predicted molar refractivity (Wildman–Crippen MR) is 97.4 cm³/mol. The third kappa shape index (κ3) is 3.12. The fraction of sp³-hybridized carbons (Fsp3) is 0.0500. The van der Waals surface area contributed by atoms with Gasteiger partial charge >= 0.3 is 0 Å². The monoisotopic (exact) mass is 327 g/mol. The van der Waals surface area contributed by atoms with Gasteiger partial charge in [0, 0.05) is 34.8 Å². The summed E-state index contributed by atoms with van der Waals surface area (Å²) in [6.45, 7) is 0.424. The zero-order valence-electron chi connectivity index (χ0n) is 13.2. The van der Waals surface area contributed by atoms with E-state index in [0.29, 0.717) is 17.7 Å². The van der Waals surface area contributed by atoms with Gasteiger partial charge in [-0.05, 0) is 17.7 Å². The maximum Gasteiger partial charge on any atom is 0.270 e. The molecule has 0 saturated carbocycles. The number of nitrogens with zero attached hydrogens (tertiary/aromatic N) is 3. The molecule has 0 radical (unpaired) electrons. The number of terminal acetylenes is 1. The molecule has 0 bridgehead atoms. The van der Waals surface area contributed by atoms with Gasteiger partial charge in [-0.1, -0.05) is 36.3 Å². The lowest BCUT2D eigenvalue weighted by atomic mass is 10.0. The van der Waals surface area contributed by atoms with Crippen molar-refractivity contribution >= 4 is 28.2 Å². The number of nitro groups is 1. The van der Waals surface area contributed by atoms with E-state index in [0.717, 1.165) is 16.5 Å². The van der Waals surface area contributed by atoms with Gasteiger partial charge in [-0.25, -0.2) is 0 Å². The van der Waals surface area contributed by atoms with Crippen molar-refractivity contribution < 1.29 is 4.92 Å². The molecule has 3 rings (SSSR count). The zero-order chi connectivity index (χ0) is 17.8. The Labute approximate surface area is 144 Å². The van der Waals surface area contributed by atoms with E-state index in [1.165, 1.54) is 12.1 Å². The molecule has 5 heteroatoms. The summed E-state index contributed by atoms with van der Waals surface area (Å²) < 4.78 is 1.93. The van der Waals surface area contributed by atoms with Crippen LogP contribution in [0.15, 0.2) is 54.7 Å². The van der Waals surface area contributed by atoms with Gasteiger partial charge in [-0.3, -0.25) is 10.1 Å². The number of hydrogen-bond acceptors (Lipinski definition) is 3. The van der Waals surface area contributed by atoms with Crippen molar-refractivity contribution in [2.24, 2.45) is 0 Å². The van der Waals surface area contributed by atoms with Crippen molar-refractivity contribution in [2.75, 3.05) is 0 Å². The molecule has 0 aliphatic rings. The molecule has 0 saturated heterocycles. The Bertz CT molecular complexity index is 1080. The zero-order valence-corrected chi connectivity index (χ0v) is 13.2. The van der Waals surface area contributed by atoms with Gasteiger partial charge in [0.15, 0.2) is 0 Å². The summed E-state index contributed by atoms with van der Waals surface area (Å²) in [6.07, 6.45) is 9.04. The largest absolute Gasteiger partial charge is 0.335 e. The second-order valence-corrected chi connectivity index (χ2v) is 5.41. The molecule has 0 unspecified atom stereocenters. The van der Waals surface area contributed by atoms with Crippen molar-refractivity contribution in [1.29, 1.82) is 5.26 Å². The number of para-hydroxylation sites is 1. The number of aromatic nitrogens is 1. The first-order chi connectivity index (χ1) is 12.1. The first kappa shape index (κ1) is 16.0. The number of non-ortho nitro benzene ring substituents is 1. The molecule has 5 nitrogen and oxygen atoms in total. The topological polar surface area (TPSA) is 71.9 Å². The summed E-state index contributed by atoms with van der Waals surface area (Å²) in [6, 6.07) is 15.9. The SMILES string of the molecule is C#CCn1cc(C=C(C#N)c2cccc([N+](=O)[O-])c2)c2ccccc21. The van der Waals surface area contributed by atoms with E-state index in [9.17, 15) is 15.4 Å². The molecule has 1 aromatic heterocycles. The Hall–Kier alpha value is -3.83. The van der Waals surface area contributed by atoms with Gasteiger partial charge in [0.1, 0.15) is 0 Å². The molecule has 0 aliphatic carbocycles. The minimum atomic E-state index is -0.475. The lowest BCUT2D eigenvalue weighted by molar-refractivity contribution is -0.384. The van der Waals surface area contributed by atoms with Crippen LogP contribution >= 0.6 is 0 Å². The smallest absolute Gasteiger partial charge is 0.270 e. The highest BCUT2D eigenvalue weighted by Crippen LogP contribution is 2.27. The van der Waals surface area contributed by atoms with E-state index >= 15 is 0 Å². The summed E-state index contributed by atoms with van der Waals surface area (Å²) in [5, 5.41) is 21.4. The highest BCUT2D eigenvalue weighted by atomic mass is 16.6. The van der Waals surface area contributed by atoms with Crippen molar-refractivity contribution in [3.8, 4) is 18.4 Å². The van der Waals surface area contributed by atoms with E-state index in [4.69, 9.17) is 6.42 Å². The van der Waals surface area contributed by atoms with Gasteiger partial charge in [0.25, 0.3) is 5.69 Å². The Morgan fingerprint density at radius 2 is 2.08 bits per heavy atom. The molecule has 0 aliphatic heterocycles. The van der Waals surface area contributed by atoms with Crippen LogP contribution in [0.1, 0.15) is 11.1 Å². The number of nitro benzene ring substituents is 1. The van der Waals surface area contributed by atoms with Crippen LogP contribution in [0.3, 0.4) is 0 Å². The molecular weight excluding hydrogens is 314 g/mol. The van der Waals surface area contributed by atoms with E-state index in [1.54, 1.807) is 18.2 Å².